The highest BCUT2D eigenvalue weighted by molar-refractivity contribution is 5.90. The molecule has 0 radical (unpaired) electrons. The molecule has 3 aromatic rings. The van der Waals surface area contributed by atoms with Crippen molar-refractivity contribution in [2.45, 2.75) is 46.3 Å². The number of hydrogen-bond acceptors (Lipinski definition) is 6. The van der Waals surface area contributed by atoms with Crippen LogP contribution < -0.4 is 11.1 Å². The van der Waals surface area contributed by atoms with Crippen molar-refractivity contribution in [1.29, 1.82) is 0 Å². The number of nitrogens with zero attached hydrogens (tertiary/aromatic N) is 4. The number of carbonyl (C=O) groups excluding carboxylic acids is 1. The molecular weight excluding hydrogens is 457 g/mol. The number of nitrogens with two attached hydrogens (primary N) is 1. The van der Waals surface area contributed by atoms with Gasteiger partial charge in [-0.3, -0.25) is 4.79 Å². The maximum atomic E-state index is 13.3. The quantitative estimate of drug-likeness (QED) is 0.503. The summed E-state index contributed by atoms with van der Waals surface area (Å²) in [5.41, 5.74) is 8.71. The van der Waals surface area contributed by atoms with Crippen molar-refractivity contribution in [1.82, 2.24) is 19.9 Å². The third-order valence-corrected chi connectivity index (χ3v) is 6.15. The molecule has 1 unspecified atom stereocenters. The Hall–Kier alpha value is -3.69. The van der Waals surface area contributed by atoms with Crippen LogP contribution in [-0.4, -0.2) is 38.8 Å². The maximum Gasteiger partial charge on any atom is 0.416 e. The molecule has 10 heteroatoms. The van der Waals surface area contributed by atoms with E-state index in [1.807, 2.05) is 19.1 Å². The van der Waals surface area contributed by atoms with Crippen LogP contribution in [0.1, 0.15) is 54.5 Å². The Balaban J connectivity index is 1.72. The molecule has 0 saturated heterocycles. The van der Waals surface area contributed by atoms with Crippen LogP contribution in [0.3, 0.4) is 0 Å². The van der Waals surface area contributed by atoms with E-state index in [1.165, 1.54) is 6.07 Å². The van der Waals surface area contributed by atoms with Crippen LogP contribution in [-0.2, 0) is 11.0 Å². The second kappa shape index (κ2) is 9.16. The van der Waals surface area contributed by atoms with E-state index in [2.05, 4.69) is 20.3 Å². The van der Waals surface area contributed by atoms with Gasteiger partial charge in [0.15, 0.2) is 5.65 Å². The highest BCUT2D eigenvalue weighted by Crippen LogP contribution is 2.34. The number of hydrogen-bond donors (Lipinski definition) is 2. The number of anilines is 2. The number of pyridine rings is 1. The third kappa shape index (κ3) is 5.21. The van der Waals surface area contributed by atoms with Gasteiger partial charge in [-0.05, 0) is 68.2 Å². The SMILES string of the molecule is CC(=O)N1CC=C(c2cc3c(NC(C)c4cc(N)cc(C(F)(F)F)c4)nc(C)nc3nc2C)CC1. The fraction of sp³-hybridized carbons (Fsp3) is 0.360. The van der Waals surface area contributed by atoms with Gasteiger partial charge in [0.25, 0.3) is 0 Å². The Labute approximate surface area is 201 Å². The number of rotatable bonds is 4. The Morgan fingerprint density at radius 3 is 2.51 bits per heavy atom. The van der Waals surface area contributed by atoms with E-state index >= 15 is 0 Å². The van der Waals surface area contributed by atoms with Crippen LogP contribution >= 0.6 is 0 Å². The first-order chi connectivity index (χ1) is 16.4. The highest BCUT2D eigenvalue weighted by atomic mass is 19.4. The van der Waals surface area contributed by atoms with E-state index < -0.39 is 17.8 Å². The molecule has 1 aliphatic heterocycles. The number of alkyl halides is 3. The molecule has 7 nitrogen and oxygen atoms in total. The summed E-state index contributed by atoms with van der Waals surface area (Å²) in [6, 6.07) is 4.97. The molecule has 1 aliphatic rings. The average Bonchev–Trinajstić information content (AvgIpc) is 2.77. The lowest BCUT2D eigenvalue weighted by Crippen LogP contribution is -2.32. The van der Waals surface area contributed by atoms with Crippen LogP contribution in [0.25, 0.3) is 16.6 Å². The molecular formula is C25H27F3N6O. The predicted octanol–water partition coefficient (Wildman–Crippen LogP) is 5.05. The molecule has 184 valence electrons. The van der Waals surface area contributed by atoms with E-state index in [-0.39, 0.29) is 11.6 Å². The molecule has 0 saturated carbocycles. The second-order valence-electron chi connectivity index (χ2n) is 8.81. The average molecular weight is 485 g/mol. The first-order valence-corrected chi connectivity index (χ1v) is 11.3. The number of aryl methyl sites for hydroxylation is 2. The van der Waals surface area contributed by atoms with Crippen molar-refractivity contribution in [3.05, 3.63) is 58.6 Å². The number of amides is 1. The summed E-state index contributed by atoms with van der Waals surface area (Å²) in [7, 11) is 0. The number of benzene rings is 1. The lowest BCUT2D eigenvalue weighted by Gasteiger charge is -2.26. The highest BCUT2D eigenvalue weighted by Gasteiger charge is 2.31. The molecule has 1 aromatic carbocycles. The first kappa shape index (κ1) is 24.4. The fourth-order valence-electron chi connectivity index (χ4n) is 4.27. The fourth-order valence-corrected chi connectivity index (χ4v) is 4.27. The van der Waals surface area contributed by atoms with Gasteiger partial charge in [0.2, 0.25) is 5.91 Å². The standard InChI is InChI=1S/C25H27F3N6O/c1-13(18-9-19(25(26,27)28)11-20(29)10-18)30-23-22-12-21(14(2)31-24(22)33-15(3)32-23)17-5-7-34(8-6-17)16(4)35/h5,9-13H,6-8,29H2,1-4H3,(H,30,31,32,33). The minimum atomic E-state index is -4.50. The zero-order valence-corrected chi connectivity index (χ0v) is 20.0. The van der Waals surface area contributed by atoms with Gasteiger partial charge in [0, 0.05) is 31.4 Å². The smallest absolute Gasteiger partial charge is 0.399 e. The number of aromatic nitrogens is 3. The van der Waals surface area contributed by atoms with Crippen molar-refractivity contribution in [3.63, 3.8) is 0 Å². The third-order valence-electron chi connectivity index (χ3n) is 6.15. The molecule has 3 N–H and O–H groups in total. The lowest BCUT2D eigenvalue weighted by molar-refractivity contribution is -0.137. The Bertz CT molecular complexity index is 1340. The zero-order chi connectivity index (χ0) is 25.5. The molecule has 4 rings (SSSR count). The van der Waals surface area contributed by atoms with E-state index in [9.17, 15) is 18.0 Å². The zero-order valence-electron chi connectivity index (χ0n) is 20.0. The van der Waals surface area contributed by atoms with Crippen LogP contribution in [0.15, 0.2) is 30.3 Å². The number of fused-ring (bicyclic) bond motifs is 1. The van der Waals surface area contributed by atoms with Crippen LogP contribution in [0, 0.1) is 13.8 Å². The normalized spacial score (nSPS) is 15.2. The van der Waals surface area contributed by atoms with Gasteiger partial charge in [0.05, 0.1) is 17.0 Å². The number of carbonyl (C=O) groups is 1. The van der Waals surface area contributed by atoms with Crippen molar-refractivity contribution in [3.8, 4) is 0 Å². The summed E-state index contributed by atoms with van der Waals surface area (Å²) in [5.74, 6) is 1.00. The van der Waals surface area contributed by atoms with Gasteiger partial charge in [-0.1, -0.05) is 6.08 Å². The van der Waals surface area contributed by atoms with Crippen molar-refractivity contribution >= 4 is 34.0 Å². The van der Waals surface area contributed by atoms with Gasteiger partial charge >= 0.3 is 6.18 Å². The summed E-state index contributed by atoms with van der Waals surface area (Å²) < 4.78 is 39.9. The molecule has 0 aliphatic carbocycles. The van der Waals surface area contributed by atoms with E-state index in [4.69, 9.17) is 5.73 Å². The monoisotopic (exact) mass is 484 g/mol. The van der Waals surface area contributed by atoms with Crippen molar-refractivity contribution in [2.75, 3.05) is 24.1 Å². The molecule has 3 heterocycles. The Morgan fingerprint density at radius 1 is 1.14 bits per heavy atom. The lowest BCUT2D eigenvalue weighted by atomic mass is 9.97. The molecule has 2 aromatic heterocycles. The predicted molar refractivity (Wildman–Crippen MR) is 130 cm³/mol. The summed E-state index contributed by atoms with van der Waals surface area (Å²) >= 11 is 0. The minimum Gasteiger partial charge on any atom is -0.399 e. The van der Waals surface area contributed by atoms with E-state index in [0.29, 0.717) is 47.7 Å². The van der Waals surface area contributed by atoms with Gasteiger partial charge in [-0.25, -0.2) is 15.0 Å². The van der Waals surface area contributed by atoms with Gasteiger partial charge in [-0.2, -0.15) is 13.2 Å². The van der Waals surface area contributed by atoms with Crippen LogP contribution in [0.2, 0.25) is 0 Å². The van der Waals surface area contributed by atoms with Crippen LogP contribution in [0.5, 0.6) is 0 Å². The van der Waals surface area contributed by atoms with Crippen molar-refractivity contribution < 1.29 is 18.0 Å². The first-order valence-electron chi connectivity index (χ1n) is 11.3. The number of nitrogens with one attached hydrogen (secondary N) is 1. The molecule has 1 atom stereocenters. The summed E-state index contributed by atoms with van der Waals surface area (Å²) in [4.78, 5) is 27.1. The van der Waals surface area contributed by atoms with Gasteiger partial charge in [-0.15, -0.1) is 0 Å². The molecule has 1 amide bonds. The second-order valence-corrected chi connectivity index (χ2v) is 8.81. The number of nitrogen functional groups attached to an aromatic ring is 1. The summed E-state index contributed by atoms with van der Waals surface area (Å²) in [6.45, 7) is 8.11. The van der Waals surface area contributed by atoms with E-state index in [0.717, 1.165) is 29.0 Å². The topological polar surface area (TPSA) is 97.0 Å². The molecule has 35 heavy (non-hydrogen) atoms. The molecule has 0 fully saturated rings. The van der Waals surface area contributed by atoms with Gasteiger partial charge in [0.1, 0.15) is 11.6 Å². The van der Waals surface area contributed by atoms with Gasteiger partial charge < -0.3 is 16.0 Å². The molecule has 0 spiro atoms. The maximum absolute atomic E-state index is 13.3. The minimum absolute atomic E-state index is 0.0354. The Morgan fingerprint density at radius 2 is 1.89 bits per heavy atom. The van der Waals surface area contributed by atoms with Crippen LogP contribution in [0.4, 0.5) is 24.7 Å². The Kier molecular flexibility index (Phi) is 6.40. The summed E-state index contributed by atoms with van der Waals surface area (Å²) in [6.07, 6.45) is -1.77. The van der Waals surface area contributed by atoms with Crippen molar-refractivity contribution in [2.24, 2.45) is 0 Å². The van der Waals surface area contributed by atoms with E-state index in [1.54, 1.807) is 25.7 Å². The summed E-state index contributed by atoms with van der Waals surface area (Å²) in [5, 5.41) is 3.90. The molecule has 0 bridgehead atoms. The number of halogens is 3. The largest absolute Gasteiger partial charge is 0.416 e.